The number of carbonyl (C=O) groups is 1. The van der Waals surface area contributed by atoms with Crippen LogP contribution in [0.25, 0.3) is 21.5 Å². The van der Waals surface area contributed by atoms with E-state index in [4.69, 9.17) is 10.3 Å². The summed E-state index contributed by atoms with van der Waals surface area (Å²) in [4.78, 5) is 40.2. The van der Waals surface area contributed by atoms with Crippen LogP contribution in [0.2, 0.25) is 0 Å². The number of hydrogen-bond donors (Lipinski definition) is 3. The number of fused-ring (bicyclic) bond motifs is 2. The van der Waals surface area contributed by atoms with E-state index in [-0.39, 0.29) is 34.9 Å². The number of nitrogens with one attached hydrogen (secondary N) is 2. The summed E-state index contributed by atoms with van der Waals surface area (Å²) in [6.07, 6.45) is 3.50. The van der Waals surface area contributed by atoms with E-state index in [1.165, 1.54) is 34.2 Å². The molecule has 1 aliphatic heterocycles. The number of thiophene rings is 1. The van der Waals surface area contributed by atoms with Crippen LogP contribution in [-0.4, -0.2) is 30.6 Å². The van der Waals surface area contributed by atoms with Gasteiger partial charge >= 0.3 is 6.01 Å². The molecule has 1 aromatic carbocycles. The van der Waals surface area contributed by atoms with Crippen molar-refractivity contribution in [3.8, 4) is 11.4 Å². The second kappa shape index (κ2) is 9.34. The summed E-state index contributed by atoms with van der Waals surface area (Å²) in [5.74, 6) is 0.102. The number of hydrogen-bond acceptors (Lipinski definition) is 10. The van der Waals surface area contributed by atoms with Gasteiger partial charge in [0.25, 0.3) is 5.56 Å². The summed E-state index contributed by atoms with van der Waals surface area (Å²) >= 11 is 1.52. The van der Waals surface area contributed by atoms with Gasteiger partial charge in [-0.05, 0) is 30.7 Å². The largest absolute Gasteiger partial charge is 0.384 e. The maximum Gasteiger partial charge on any atom is 0.326 e. The molecule has 38 heavy (non-hydrogen) atoms. The number of aromatic nitrogens is 5. The smallest absolute Gasteiger partial charge is 0.326 e. The first kappa shape index (κ1) is 23.7. The molecule has 192 valence electrons. The second-order valence-electron chi connectivity index (χ2n) is 8.96. The van der Waals surface area contributed by atoms with Crippen LogP contribution < -0.4 is 21.9 Å². The van der Waals surface area contributed by atoms with Crippen molar-refractivity contribution in [3.63, 3.8) is 0 Å². The van der Waals surface area contributed by atoms with Crippen LogP contribution in [0.5, 0.6) is 0 Å². The third-order valence-corrected chi connectivity index (χ3v) is 7.44. The topological polar surface area (TPSA) is 154 Å². The van der Waals surface area contributed by atoms with Crippen molar-refractivity contribution in [2.45, 2.75) is 31.8 Å². The molecule has 0 unspecified atom stereocenters. The Morgan fingerprint density at radius 2 is 2.11 bits per heavy atom. The first-order chi connectivity index (χ1) is 18.4. The Balaban J connectivity index is 1.21. The minimum atomic E-state index is -0.731. The molecule has 5 aromatic rings. The lowest BCUT2D eigenvalue weighted by Crippen LogP contribution is -2.36. The number of carbonyl (C=O) groups excluding carboxylic acids is 1. The highest BCUT2D eigenvalue weighted by Gasteiger charge is 2.35. The van der Waals surface area contributed by atoms with Gasteiger partial charge in [0.05, 0.1) is 18.3 Å². The minimum Gasteiger partial charge on any atom is -0.384 e. The SMILES string of the molecule is C[C@@H]1C[C@@H](C(=O)NCc2cc3cnc(N)cc3s2)n2c1ncc(Nc1nc(-c3ccccc3F)no1)c2=O. The summed E-state index contributed by atoms with van der Waals surface area (Å²) in [7, 11) is 0. The van der Waals surface area contributed by atoms with Crippen molar-refractivity contribution in [2.75, 3.05) is 11.1 Å². The molecule has 2 atom stereocenters. The number of anilines is 3. The zero-order valence-corrected chi connectivity index (χ0v) is 20.8. The number of halogens is 1. The van der Waals surface area contributed by atoms with Gasteiger partial charge in [-0.15, -0.1) is 11.3 Å². The average molecular weight is 533 g/mol. The number of benzene rings is 1. The molecule has 0 saturated heterocycles. The number of nitrogen functional groups attached to an aromatic ring is 1. The molecule has 0 spiro atoms. The van der Waals surface area contributed by atoms with Crippen LogP contribution in [0, 0.1) is 5.82 Å². The molecular weight excluding hydrogens is 511 g/mol. The third kappa shape index (κ3) is 4.26. The molecule has 13 heteroatoms. The molecule has 0 bridgehead atoms. The fourth-order valence-electron chi connectivity index (χ4n) is 4.53. The van der Waals surface area contributed by atoms with Gasteiger partial charge in [0.1, 0.15) is 29.2 Å². The van der Waals surface area contributed by atoms with Crippen LogP contribution >= 0.6 is 11.3 Å². The average Bonchev–Trinajstić information content (AvgIpc) is 3.61. The number of pyridine rings is 1. The van der Waals surface area contributed by atoms with Crippen LogP contribution in [0.15, 0.2) is 58.1 Å². The van der Waals surface area contributed by atoms with E-state index < -0.39 is 17.4 Å². The van der Waals surface area contributed by atoms with Crippen LogP contribution in [0.1, 0.15) is 36.0 Å². The van der Waals surface area contributed by atoms with Gasteiger partial charge in [0.2, 0.25) is 11.7 Å². The van der Waals surface area contributed by atoms with Gasteiger partial charge in [0.15, 0.2) is 0 Å². The number of nitrogens with zero attached hydrogens (tertiary/aromatic N) is 5. The van der Waals surface area contributed by atoms with Gasteiger partial charge < -0.3 is 20.9 Å². The molecule has 0 radical (unpaired) electrons. The zero-order chi connectivity index (χ0) is 26.4. The van der Waals surface area contributed by atoms with Crippen molar-refractivity contribution in [2.24, 2.45) is 0 Å². The Labute approximate surface area is 218 Å². The number of amides is 1. The first-order valence-corrected chi connectivity index (χ1v) is 12.6. The molecule has 4 N–H and O–H groups in total. The predicted octanol–water partition coefficient (Wildman–Crippen LogP) is 3.73. The van der Waals surface area contributed by atoms with Crippen molar-refractivity contribution in [1.82, 2.24) is 30.0 Å². The molecule has 0 fully saturated rings. The normalized spacial score (nSPS) is 16.5. The summed E-state index contributed by atoms with van der Waals surface area (Å²) in [6, 6.07) is 8.93. The van der Waals surface area contributed by atoms with E-state index >= 15 is 0 Å². The molecule has 11 nitrogen and oxygen atoms in total. The monoisotopic (exact) mass is 532 g/mol. The summed E-state index contributed by atoms with van der Waals surface area (Å²) in [5, 5.41) is 10.4. The lowest BCUT2D eigenvalue weighted by Gasteiger charge is -2.14. The summed E-state index contributed by atoms with van der Waals surface area (Å²) in [5.41, 5.74) is 5.53. The molecule has 0 saturated carbocycles. The quantitative estimate of drug-likeness (QED) is 0.297. The molecule has 5 heterocycles. The Hall–Kier alpha value is -4.65. The van der Waals surface area contributed by atoms with Crippen LogP contribution in [-0.2, 0) is 11.3 Å². The van der Waals surface area contributed by atoms with Crippen LogP contribution in [0.4, 0.5) is 21.9 Å². The highest BCUT2D eigenvalue weighted by atomic mass is 32.1. The Morgan fingerprint density at radius 1 is 1.26 bits per heavy atom. The standard InChI is InChI=1S/C25H21FN8O3S/c1-12-6-18(23(35)30-10-14-7-13-9-28-20(27)8-19(13)38-14)34-22(12)29-11-17(24(34)36)31-25-32-21(33-37-25)15-4-2-3-5-16(15)26/h2-5,7-9,11-12,18H,6,10H2,1H3,(H2,27,28)(H,30,35)(H,31,32,33)/t12-,18+/m1/s1. The Bertz CT molecular complexity index is 1750. The zero-order valence-electron chi connectivity index (χ0n) is 20.0. The van der Waals surface area contributed by atoms with Crippen molar-refractivity contribution in [3.05, 3.63) is 75.7 Å². The lowest BCUT2D eigenvalue weighted by molar-refractivity contribution is -0.124. The fourth-order valence-corrected chi connectivity index (χ4v) is 5.55. The number of rotatable bonds is 6. The van der Waals surface area contributed by atoms with E-state index in [9.17, 15) is 14.0 Å². The van der Waals surface area contributed by atoms with E-state index in [0.29, 0.717) is 24.6 Å². The molecule has 1 amide bonds. The minimum absolute atomic E-state index is 0.0328. The van der Waals surface area contributed by atoms with Gasteiger partial charge in [-0.25, -0.2) is 14.4 Å². The summed E-state index contributed by atoms with van der Waals surface area (Å²) < 4.78 is 21.6. The molecule has 4 aromatic heterocycles. The third-order valence-electron chi connectivity index (χ3n) is 6.35. The van der Waals surface area contributed by atoms with E-state index in [0.717, 1.165) is 15.0 Å². The van der Waals surface area contributed by atoms with Crippen molar-refractivity contribution < 1.29 is 13.7 Å². The predicted molar refractivity (Wildman–Crippen MR) is 139 cm³/mol. The lowest BCUT2D eigenvalue weighted by atomic mass is 10.1. The maximum absolute atomic E-state index is 14.1. The Kier molecular flexibility index (Phi) is 5.83. The molecular formula is C25H21FN8O3S. The highest BCUT2D eigenvalue weighted by molar-refractivity contribution is 7.19. The van der Waals surface area contributed by atoms with Gasteiger partial charge in [-0.3, -0.25) is 14.2 Å². The number of nitrogens with two attached hydrogens (primary N) is 1. The van der Waals surface area contributed by atoms with Crippen molar-refractivity contribution in [1.29, 1.82) is 0 Å². The van der Waals surface area contributed by atoms with E-state index in [1.54, 1.807) is 24.4 Å². The fraction of sp³-hybridized carbons (Fsp3) is 0.200. The van der Waals surface area contributed by atoms with E-state index in [1.807, 2.05) is 13.0 Å². The molecule has 6 rings (SSSR count). The van der Waals surface area contributed by atoms with Gasteiger partial charge in [-0.1, -0.05) is 24.2 Å². The van der Waals surface area contributed by atoms with Gasteiger partial charge in [-0.2, -0.15) is 4.98 Å². The maximum atomic E-state index is 14.1. The first-order valence-electron chi connectivity index (χ1n) is 11.8. The highest BCUT2D eigenvalue weighted by Crippen LogP contribution is 2.34. The Morgan fingerprint density at radius 3 is 2.95 bits per heavy atom. The second-order valence-corrected chi connectivity index (χ2v) is 10.1. The molecule has 0 aliphatic carbocycles. The van der Waals surface area contributed by atoms with Crippen molar-refractivity contribution >= 4 is 44.9 Å². The summed E-state index contributed by atoms with van der Waals surface area (Å²) in [6.45, 7) is 2.22. The van der Waals surface area contributed by atoms with Gasteiger partial charge in [0, 0.05) is 27.1 Å². The molecule has 1 aliphatic rings. The van der Waals surface area contributed by atoms with E-state index in [2.05, 4.69) is 30.7 Å². The van der Waals surface area contributed by atoms with Crippen LogP contribution in [0.3, 0.4) is 0 Å².